The number of anilines is 1. The summed E-state index contributed by atoms with van der Waals surface area (Å²) in [5.74, 6) is -1.00. The van der Waals surface area contributed by atoms with Crippen molar-refractivity contribution in [1.29, 1.82) is 0 Å². The van der Waals surface area contributed by atoms with Gasteiger partial charge in [0, 0.05) is 58.0 Å². The zero-order chi connectivity index (χ0) is 21.8. The molecular weight excluding hydrogens is 390 g/mol. The van der Waals surface area contributed by atoms with Crippen LogP contribution in [0, 0.1) is 0 Å². The highest BCUT2D eigenvalue weighted by atomic mass is 16.2. The number of benzene rings is 1. The Balaban J connectivity index is 1.45. The molecule has 1 aliphatic carbocycles. The molecule has 31 heavy (non-hydrogen) atoms. The molecular formula is C24H37N5O2. The highest BCUT2D eigenvalue weighted by molar-refractivity contribution is 6.35. The molecule has 2 amide bonds. The standard InChI is InChI=1S/C24H37N5O2/c1-27-12-14-29(15-13-27)22(17-25-23(30)24(31)26-20-7-3-4-8-20)19-9-10-21-18(16-19)6-5-11-28(21)2/h9-10,16,20,22H,3-8,11-15,17H2,1-2H3,(H,25,30)(H,26,31)/t22-/m1/s1. The van der Waals surface area contributed by atoms with Crippen LogP contribution < -0.4 is 15.5 Å². The van der Waals surface area contributed by atoms with Crippen molar-refractivity contribution in [1.82, 2.24) is 20.4 Å². The molecule has 4 rings (SSSR count). The van der Waals surface area contributed by atoms with Gasteiger partial charge in [-0.15, -0.1) is 0 Å². The first-order valence-corrected chi connectivity index (χ1v) is 11.9. The van der Waals surface area contributed by atoms with Crippen LogP contribution >= 0.6 is 0 Å². The first kappa shape index (κ1) is 22.1. The Labute approximate surface area is 186 Å². The van der Waals surface area contributed by atoms with E-state index in [4.69, 9.17) is 0 Å². The van der Waals surface area contributed by atoms with Gasteiger partial charge in [0.05, 0.1) is 6.04 Å². The molecule has 1 atom stereocenters. The molecule has 2 fully saturated rings. The monoisotopic (exact) mass is 427 g/mol. The number of carbonyl (C=O) groups is 2. The number of hydrogen-bond acceptors (Lipinski definition) is 5. The third-order valence-electron chi connectivity index (χ3n) is 7.17. The van der Waals surface area contributed by atoms with Crippen LogP contribution in [0.3, 0.4) is 0 Å². The number of hydrogen-bond donors (Lipinski definition) is 2. The number of aryl methyl sites for hydroxylation is 1. The molecule has 3 aliphatic rings. The number of carbonyl (C=O) groups excluding carboxylic acids is 2. The van der Waals surface area contributed by atoms with E-state index in [0.29, 0.717) is 6.54 Å². The lowest BCUT2D eigenvalue weighted by atomic mass is 9.95. The van der Waals surface area contributed by atoms with Crippen LogP contribution in [0.5, 0.6) is 0 Å². The predicted molar refractivity (Wildman–Crippen MR) is 123 cm³/mol. The molecule has 1 aromatic rings. The second kappa shape index (κ2) is 10.0. The van der Waals surface area contributed by atoms with Gasteiger partial charge >= 0.3 is 11.8 Å². The molecule has 2 N–H and O–H groups in total. The molecule has 0 unspecified atom stereocenters. The zero-order valence-corrected chi connectivity index (χ0v) is 19.0. The highest BCUT2D eigenvalue weighted by Crippen LogP contribution is 2.31. The Bertz CT molecular complexity index is 784. The van der Waals surface area contributed by atoms with Gasteiger partial charge in [0.1, 0.15) is 0 Å². The summed E-state index contributed by atoms with van der Waals surface area (Å²) in [4.78, 5) is 32.0. The van der Waals surface area contributed by atoms with Crippen molar-refractivity contribution in [3.8, 4) is 0 Å². The Morgan fingerprint density at radius 2 is 1.74 bits per heavy atom. The lowest BCUT2D eigenvalue weighted by Gasteiger charge is -2.39. The minimum absolute atomic E-state index is 0.0782. The number of rotatable bonds is 5. The van der Waals surface area contributed by atoms with Crippen LogP contribution in [0.4, 0.5) is 5.69 Å². The maximum absolute atomic E-state index is 12.5. The van der Waals surface area contributed by atoms with Crippen LogP contribution in [-0.4, -0.2) is 81.0 Å². The van der Waals surface area contributed by atoms with Gasteiger partial charge in [-0.3, -0.25) is 14.5 Å². The second-order valence-electron chi connectivity index (χ2n) is 9.43. The molecule has 0 spiro atoms. The summed E-state index contributed by atoms with van der Waals surface area (Å²) in [5.41, 5.74) is 3.93. The lowest BCUT2D eigenvalue weighted by Crippen LogP contribution is -2.50. The van der Waals surface area contributed by atoms with Gasteiger partial charge in [-0.05, 0) is 49.9 Å². The SMILES string of the molecule is CN1CCN([C@H](CNC(=O)C(=O)NC2CCCC2)c2ccc3c(c2)CCCN3C)CC1. The number of nitrogens with one attached hydrogen (secondary N) is 2. The Morgan fingerprint density at radius 3 is 2.48 bits per heavy atom. The van der Waals surface area contributed by atoms with Gasteiger partial charge in [0.15, 0.2) is 0 Å². The number of likely N-dealkylation sites (N-methyl/N-ethyl adjacent to an activating group) is 1. The Hall–Kier alpha value is -2.12. The van der Waals surface area contributed by atoms with Crippen LogP contribution in [0.15, 0.2) is 18.2 Å². The Kier molecular flexibility index (Phi) is 7.13. The molecule has 0 radical (unpaired) electrons. The van der Waals surface area contributed by atoms with E-state index in [1.54, 1.807) is 0 Å². The topological polar surface area (TPSA) is 67.9 Å². The third-order valence-corrected chi connectivity index (χ3v) is 7.17. The normalized spacial score (nSPS) is 21.5. The van der Waals surface area contributed by atoms with E-state index in [1.165, 1.54) is 23.2 Å². The summed E-state index contributed by atoms with van der Waals surface area (Å²) < 4.78 is 0. The van der Waals surface area contributed by atoms with Crippen molar-refractivity contribution in [2.75, 3.05) is 58.3 Å². The number of piperazine rings is 1. The summed E-state index contributed by atoms with van der Waals surface area (Å²) in [6.45, 7) is 5.50. The summed E-state index contributed by atoms with van der Waals surface area (Å²) in [6.07, 6.45) is 6.49. The van der Waals surface area contributed by atoms with Crippen LogP contribution in [0.1, 0.15) is 49.3 Å². The van der Waals surface area contributed by atoms with Crippen molar-refractivity contribution in [3.05, 3.63) is 29.3 Å². The van der Waals surface area contributed by atoms with Gasteiger partial charge in [0.25, 0.3) is 0 Å². The predicted octanol–water partition coefficient (Wildman–Crippen LogP) is 1.53. The summed E-state index contributed by atoms with van der Waals surface area (Å²) in [5, 5.41) is 5.83. The first-order valence-electron chi connectivity index (χ1n) is 11.9. The highest BCUT2D eigenvalue weighted by Gasteiger charge is 2.27. The van der Waals surface area contributed by atoms with Crippen molar-refractivity contribution in [3.63, 3.8) is 0 Å². The molecule has 7 heteroatoms. The first-order chi connectivity index (χ1) is 15.0. The minimum atomic E-state index is -0.510. The molecule has 7 nitrogen and oxygen atoms in total. The quantitative estimate of drug-likeness (QED) is 0.698. The van der Waals surface area contributed by atoms with E-state index in [1.807, 2.05) is 0 Å². The summed E-state index contributed by atoms with van der Waals surface area (Å²) in [6, 6.07) is 6.98. The molecule has 1 aromatic carbocycles. The molecule has 1 saturated heterocycles. The number of fused-ring (bicyclic) bond motifs is 1. The van der Waals surface area contributed by atoms with Gasteiger partial charge in [0.2, 0.25) is 0 Å². The fraction of sp³-hybridized carbons (Fsp3) is 0.667. The molecule has 2 heterocycles. The van der Waals surface area contributed by atoms with Gasteiger partial charge < -0.3 is 20.4 Å². The van der Waals surface area contributed by atoms with Gasteiger partial charge in [-0.25, -0.2) is 0 Å². The lowest BCUT2D eigenvalue weighted by molar-refractivity contribution is -0.139. The van der Waals surface area contributed by atoms with E-state index in [9.17, 15) is 9.59 Å². The molecule has 0 bridgehead atoms. The fourth-order valence-electron chi connectivity index (χ4n) is 5.19. The summed E-state index contributed by atoms with van der Waals surface area (Å²) in [7, 11) is 4.30. The van der Waals surface area contributed by atoms with E-state index in [0.717, 1.165) is 64.8 Å². The van der Waals surface area contributed by atoms with Gasteiger partial charge in [-0.1, -0.05) is 25.0 Å². The molecule has 0 aromatic heterocycles. The second-order valence-corrected chi connectivity index (χ2v) is 9.43. The van der Waals surface area contributed by atoms with E-state index >= 15 is 0 Å². The van der Waals surface area contributed by atoms with Crippen molar-refractivity contribution in [2.45, 2.75) is 50.6 Å². The zero-order valence-electron chi connectivity index (χ0n) is 19.0. The third kappa shape index (κ3) is 5.39. The molecule has 170 valence electrons. The van der Waals surface area contributed by atoms with E-state index < -0.39 is 11.8 Å². The Morgan fingerprint density at radius 1 is 1.00 bits per heavy atom. The van der Waals surface area contributed by atoms with E-state index in [-0.39, 0.29) is 12.1 Å². The summed E-state index contributed by atoms with van der Waals surface area (Å²) >= 11 is 0. The average molecular weight is 428 g/mol. The average Bonchev–Trinajstić information content (AvgIpc) is 3.28. The van der Waals surface area contributed by atoms with Crippen LogP contribution in [0.2, 0.25) is 0 Å². The fourth-order valence-corrected chi connectivity index (χ4v) is 5.19. The maximum atomic E-state index is 12.5. The van der Waals surface area contributed by atoms with Crippen molar-refractivity contribution >= 4 is 17.5 Å². The van der Waals surface area contributed by atoms with Crippen molar-refractivity contribution < 1.29 is 9.59 Å². The van der Waals surface area contributed by atoms with E-state index in [2.05, 4.69) is 57.6 Å². The molecule has 1 saturated carbocycles. The van der Waals surface area contributed by atoms with Gasteiger partial charge in [-0.2, -0.15) is 0 Å². The van der Waals surface area contributed by atoms with Crippen molar-refractivity contribution in [2.24, 2.45) is 0 Å². The maximum Gasteiger partial charge on any atom is 0.309 e. The van der Waals surface area contributed by atoms with Crippen LogP contribution in [-0.2, 0) is 16.0 Å². The largest absolute Gasteiger partial charge is 0.374 e. The smallest absolute Gasteiger partial charge is 0.309 e. The molecule has 2 aliphatic heterocycles. The minimum Gasteiger partial charge on any atom is -0.374 e. The number of nitrogens with zero attached hydrogens (tertiary/aromatic N) is 3. The van der Waals surface area contributed by atoms with Crippen LogP contribution in [0.25, 0.3) is 0 Å². The number of amides is 2.